The van der Waals surface area contributed by atoms with Gasteiger partial charge in [0, 0.05) is 25.0 Å². The second-order valence-corrected chi connectivity index (χ2v) is 9.21. The molecule has 0 spiro atoms. The van der Waals surface area contributed by atoms with Crippen LogP contribution >= 0.6 is 0 Å². The molecule has 0 saturated carbocycles. The molecule has 33 heavy (non-hydrogen) atoms. The molecule has 2 amide bonds. The monoisotopic (exact) mass is 450 g/mol. The fraction of sp³-hybridized carbons (Fsp3) is 0.423. The van der Waals surface area contributed by atoms with E-state index in [0.717, 1.165) is 22.3 Å². The average molecular weight is 451 g/mol. The Hall–Kier alpha value is -3.35. The Morgan fingerprint density at radius 3 is 2.15 bits per heavy atom. The number of carbonyl (C=O) groups excluding carboxylic acids is 2. The van der Waals surface area contributed by atoms with Gasteiger partial charge in [0.15, 0.2) is 0 Å². The van der Waals surface area contributed by atoms with Crippen LogP contribution < -0.4 is 5.32 Å². The molecule has 4 atom stereocenters. The number of carboxylic acids is 1. The van der Waals surface area contributed by atoms with E-state index in [1.807, 2.05) is 31.2 Å². The van der Waals surface area contributed by atoms with Crippen LogP contribution in [0, 0.1) is 17.8 Å². The Bertz CT molecular complexity index is 1020. The maximum Gasteiger partial charge on any atom is 0.407 e. The lowest BCUT2D eigenvalue weighted by Gasteiger charge is -2.26. The van der Waals surface area contributed by atoms with E-state index in [2.05, 4.69) is 29.6 Å². The Kier molecular flexibility index (Phi) is 6.40. The summed E-state index contributed by atoms with van der Waals surface area (Å²) in [5.74, 6) is -2.20. The maximum atomic E-state index is 12.9. The van der Waals surface area contributed by atoms with Crippen molar-refractivity contribution in [1.82, 2.24) is 10.2 Å². The number of benzene rings is 2. The molecule has 174 valence electrons. The van der Waals surface area contributed by atoms with Gasteiger partial charge in [-0.2, -0.15) is 0 Å². The highest BCUT2D eigenvalue weighted by Crippen LogP contribution is 2.44. The molecular formula is C26H30N2O5. The number of likely N-dealkylation sites (tertiary alicyclic amines) is 1. The molecule has 2 aromatic carbocycles. The van der Waals surface area contributed by atoms with Gasteiger partial charge in [-0.3, -0.25) is 9.59 Å². The highest BCUT2D eigenvalue weighted by Gasteiger charge is 2.39. The summed E-state index contributed by atoms with van der Waals surface area (Å²) in [6.07, 6.45) is -0.567. The fourth-order valence-electron chi connectivity index (χ4n) is 4.92. The smallest absolute Gasteiger partial charge is 0.407 e. The van der Waals surface area contributed by atoms with Crippen LogP contribution in [0.1, 0.15) is 37.8 Å². The number of hydrogen-bond acceptors (Lipinski definition) is 4. The van der Waals surface area contributed by atoms with E-state index in [0.29, 0.717) is 6.54 Å². The van der Waals surface area contributed by atoms with Crippen LogP contribution in [0.5, 0.6) is 0 Å². The van der Waals surface area contributed by atoms with Gasteiger partial charge in [-0.25, -0.2) is 4.79 Å². The normalized spacial score (nSPS) is 21.1. The predicted molar refractivity (Wildman–Crippen MR) is 124 cm³/mol. The van der Waals surface area contributed by atoms with Crippen LogP contribution in [-0.4, -0.2) is 53.7 Å². The zero-order chi connectivity index (χ0) is 23.7. The van der Waals surface area contributed by atoms with Crippen molar-refractivity contribution in [3.05, 3.63) is 59.7 Å². The van der Waals surface area contributed by atoms with E-state index < -0.39 is 29.9 Å². The molecule has 1 aliphatic heterocycles. The van der Waals surface area contributed by atoms with Crippen molar-refractivity contribution in [1.29, 1.82) is 0 Å². The van der Waals surface area contributed by atoms with Gasteiger partial charge in [0.2, 0.25) is 5.91 Å². The van der Waals surface area contributed by atoms with Gasteiger partial charge in [-0.05, 0) is 35.1 Å². The number of carbonyl (C=O) groups is 3. The van der Waals surface area contributed by atoms with Crippen molar-refractivity contribution in [2.45, 2.75) is 32.7 Å². The molecule has 7 nitrogen and oxygen atoms in total. The minimum atomic E-state index is -0.879. The van der Waals surface area contributed by atoms with Crippen LogP contribution in [0.25, 0.3) is 11.1 Å². The third-order valence-electron chi connectivity index (χ3n) is 7.07. The molecule has 7 heteroatoms. The Balaban J connectivity index is 1.34. The number of amides is 2. The number of alkyl carbamates (subject to hydrolysis) is 1. The van der Waals surface area contributed by atoms with Gasteiger partial charge in [-0.1, -0.05) is 62.4 Å². The van der Waals surface area contributed by atoms with E-state index in [9.17, 15) is 19.5 Å². The average Bonchev–Trinajstić information content (AvgIpc) is 3.35. The van der Waals surface area contributed by atoms with E-state index in [1.54, 1.807) is 18.7 Å². The fourth-order valence-corrected chi connectivity index (χ4v) is 4.92. The number of nitrogens with zero attached hydrogens (tertiary/aromatic N) is 1. The highest BCUT2D eigenvalue weighted by atomic mass is 16.5. The topological polar surface area (TPSA) is 95.9 Å². The molecule has 1 aliphatic carbocycles. The van der Waals surface area contributed by atoms with Crippen LogP contribution in [0.3, 0.4) is 0 Å². The van der Waals surface area contributed by atoms with Crippen molar-refractivity contribution in [2.75, 3.05) is 19.7 Å². The van der Waals surface area contributed by atoms with Gasteiger partial charge >= 0.3 is 12.1 Å². The van der Waals surface area contributed by atoms with Crippen molar-refractivity contribution in [3.8, 4) is 11.1 Å². The van der Waals surface area contributed by atoms with Crippen molar-refractivity contribution < 1.29 is 24.2 Å². The number of aliphatic carboxylic acids is 1. The second kappa shape index (κ2) is 9.25. The third kappa shape index (κ3) is 4.45. The minimum Gasteiger partial charge on any atom is -0.481 e. The first-order valence-electron chi connectivity index (χ1n) is 11.4. The van der Waals surface area contributed by atoms with E-state index in [-0.39, 0.29) is 30.9 Å². The molecule has 1 heterocycles. The molecule has 2 aromatic rings. The summed E-state index contributed by atoms with van der Waals surface area (Å²) in [7, 11) is 0. The molecule has 1 saturated heterocycles. The molecule has 2 N–H and O–H groups in total. The van der Waals surface area contributed by atoms with Crippen molar-refractivity contribution in [3.63, 3.8) is 0 Å². The summed E-state index contributed by atoms with van der Waals surface area (Å²) in [5, 5.41) is 12.1. The summed E-state index contributed by atoms with van der Waals surface area (Å²) >= 11 is 0. The van der Waals surface area contributed by atoms with Gasteiger partial charge in [0.25, 0.3) is 0 Å². The number of rotatable bonds is 6. The maximum absolute atomic E-state index is 12.9. The van der Waals surface area contributed by atoms with Crippen molar-refractivity contribution in [2.24, 2.45) is 17.8 Å². The first kappa shape index (κ1) is 22.8. The summed E-state index contributed by atoms with van der Waals surface area (Å²) in [6.45, 7) is 6.18. The Morgan fingerprint density at radius 2 is 1.61 bits per heavy atom. The van der Waals surface area contributed by atoms with Crippen LogP contribution in [0.15, 0.2) is 48.5 Å². The first-order valence-corrected chi connectivity index (χ1v) is 11.4. The molecule has 2 aliphatic rings. The third-order valence-corrected chi connectivity index (χ3v) is 7.07. The molecule has 4 rings (SSSR count). The largest absolute Gasteiger partial charge is 0.481 e. The second-order valence-electron chi connectivity index (χ2n) is 9.21. The first-order chi connectivity index (χ1) is 15.8. The van der Waals surface area contributed by atoms with Gasteiger partial charge in [-0.15, -0.1) is 0 Å². The number of nitrogens with one attached hydrogen (secondary N) is 1. The quantitative estimate of drug-likeness (QED) is 0.699. The summed E-state index contributed by atoms with van der Waals surface area (Å²) in [6, 6.07) is 15.8. The Morgan fingerprint density at radius 1 is 1.03 bits per heavy atom. The standard InChI is InChI=1S/C26H30N2O5/c1-15-12-28(13-22(15)25(30)31)24(29)16(2)17(3)27-26(32)33-14-23-20-10-6-4-8-18(20)19-9-5-7-11-21(19)23/h4-11,15-17,22-23H,12-14H2,1-3H3,(H,27,32)(H,30,31)/t15-,16?,17?,22-/m0/s1. The van der Waals surface area contributed by atoms with Crippen molar-refractivity contribution >= 4 is 18.0 Å². The SMILES string of the molecule is CC(NC(=O)OCC1c2ccccc2-c2ccccc21)C(C)C(=O)N1C[C@H](C(=O)O)[C@@H](C)C1. The molecule has 1 fully saturated rings. The van der Waals surface area contributed by atoms with Gasteiger partial charge < -0.3 is 20.1 Å². The zero-order valence-corrected chi connectivity index (χ0v) is 19.2. The van der Waals surface area contributed by atoms with Gasteiger partial charge in [0.1, 0.15) is 6.61 Å². The predicted octanol–water partition coefficient (Wildman–Crippen LogP) is 3.73. The molecule has 0 aromatic heterocycles. The number of carboxylic acid groups (broad SMARTS) is 1. The summed E-state index contributed by atoms with van der Waals surface area (Å²) in [5.41, 5.74) is 4.60. The van der Waals surface area contributed by atoms with E-state index in [1.165, 1.54) is 0 Å². The van der Waals surface area contributed by atoms with Crippen LogP contribution in [0.4, 0.5) is 4.79 Å². The van der Waals surface area contributed by atoms with Gasteiger partial charge in [0.05, 0.1) is 11.8 Å². The molecule has 0 bridgehead atoms. The Labute approximate surface area is 193 Å². The summed E-state index contributed by atoms with van der Waals surface area (Å²) < 4.78 is 5.58. The lowest BCUT2D eigenvalue weighted by atomic mass is 9.98. The minimum absolute atomic E-state index is 0.0310. The van der Waals surface area contributed by atoms with E-state index in [4.69, 9.17) is 4.74 Å². The number of ether oxygens (including phenoxy) is 1. The van der Waals surface area contributed by atoms with Crippen LogP contribution in [-0.2, 0) is 14.3 Å². The number of fused-ring (bicyclic) bond motifs is 3. The lowest BCUT2D eigenvalue weighted by molar-refractivity contribution is -0.142. The lowest BCUT2D eigenvalue weighted by Crippen LogP contribution is -2.45. The molecule has 0 radical (unpaired) electrons. The molecule has 2 unspecified atom stereocenters. The molecular weight excluding hydrogens is 420 g/mol. The number of hydrogen-bond donors (Lipinski definition) is 2. The highest BCUT2D eigenvalue weighted by molar-refractivity contribution is 5.82. The zero-order valence-electron chi connectivity index (χ0n) is 19.2. The van der Waals surface area contributed by atoms with Crippen LogP contribution in [0.2, 0.25) is 0 Å². The summed E-state index contributed by atoms with van der Waals surface area (Å²) in [4.78, 5) is 38.3. The van der Waals surface area contributed by atoms with E-state index >= 15 is 0 Å².